The molecule has 2 aromatic heterocycles. The summed E-state index contributed by atoms with van der Waals surface area (Å²) in [5.74, 6) is 2.06. The molecule has 0 atom stereocenters. The summed E-state index contributed by atoms with van der Waals surface area (Å²) in [7, 11) is 0. The Bertz CT molecular complexity index is 2970. The van der Waals surface area contributed by atoms with Crippen molar-refractivity contribution >= 4 is 44.6 Å². The standard InChI is InChI=1S/C57H57N4O.Pt/c1-36-26-37(2)54(38(3)27-36)39-20-22-47-48-23-21-46(34-52(48)61(51(47)28-39)53-32-40(24-25-58-53)55(4,5)6)62-45-17-15-16-43(33-45)59-35-60(50-19-14-13-18-49(50)59)44-30-41(56(7,8)9)29-42(31-44)57(10,11)12;/h13-32,35H,1-12H3;/q-3;. The van der Waals surface area contributed by atoms with E-state index in [-0.39, 0.29) is 37.3 Å². The summed E-state index contributed by atoms with van der Waals surface area (Å²) in [6.45, 7) is 29.2. The van der Waals surface area contributed by atoms with E-state index in [4.69, 9.17) is 9.72 Å². The Morgan fingerprint density at radius 3 is 1.84 bits per heavy atom. The van der Waals surface area contributed by atoms with Gasteiger partial charge in [0.05, 0.1) is 0 Å². The SMILES string of the molecule is Cc1cc(C)c(-c2ccc3c4ccc(Oc5[c-]c(N6[CH-]N(c7cc(C(C)(C)C)cc(C(C)(C)C)c7)c7ccccc76)ccc5)[c-]c4n(-c4cc(C(C)(C)C)ccn4)c3c2)c(C)c1.[Pt]. The monoisotopic (exact) mass is 1010 g/mol. The normalized spacial score (nSPS) is 13.1. The van der Waals surface area contributed by atoms with Crippen molar-refractivity contribution in [1.82, 2.24) is 9.55 Å². The van der Waals surface area contributed by atoms with Gasteiger partial charge in [-0.15, -0.1) is 48.1 Å². The number of aromatic nitrogens is 2. The first-order valence-corrected chi connectivity index (χ1v) is 21.8. The molecule has 0 amide bonds. The molecule has 8 aromatic rings. The fourth-order valence-corrected chi connectivity index (χ4v) is 8.90. The number of nitrogens with zero attached hydrogens (tertiary/aromatic N) is 4. The van der Waals surface area contributed by atoms with Gasteiger partial charge in [0.15, 0.2) is 0 Å². The molecule has 0 N–H and O–H groups in total. The number of fused-ring (bicyclic) bond motifs is 4. The maximum absolute atomic E-state index is 6.69. The Morgan fingerprint density at radius 2 is 1.19 bits per heavy atom. The van der Waals surface area contributed by atoms with Crippen LogP contribution in [0, 0.1) is 39.6 Å². The predicted molar refractivity (Wildman–Crippen MR) is 260 cm³/mol. The molecule has 324 valence electrons. The molecule has 0 aliphatic carbocycles. The van der Waals surface area contributed by atoms with E-state index >= 15 is 0 Å². The summed E-state index contributed by atoms with van der Waals surface area (Å²) >= 11 is 0. The van der Waals surface area contributed by atoms with Crippen molar-refractivity contribution in [2.75, 3.05) is 9.80 Å². The number of ether oxygens (including phenoxy) is 1. The molecule has 6 aromatic carbocycles. The Morgan fingerprint density at radius 1 is 0.571 bits per heavy atom. The molecule has 0 radical (unpaired) electrons. The van der Waals surface area contributed by atoms with Gasteiger partial charge >= 0.3 is 0 Å². The van der Waals surface area contributed by atoms with Gasteiger partial charge in [-0.05, 0) is 124 Å². The predicted octanol–water partition coefficient (Wildman–Crippen LogP) is 15.5. The molecule has 0 bridgehead atoms. The van der Waals surface area contributed by atoms with Crippen molar-refractivity contribution in [2.24, 2.45) is 0 Å². The first kappa shape index (κ1) is 44.0. The summed E-state index contributed by atoms with van der Waals surface area (Å²) in [6, 6.07) is 48.8. The van der Waals surface area contributed by atoms with E-state index in [0.29, 0.717) is 11.5 Å². The summed E-state index contributed by atoms with van der Waals surface area (Å²) < 4.78 is 8.94. The van der Waals surface area contributed by atoms with Crippen molar-refractivity contribution in [2.45, 2.75) is 99.3 Å². The molecule has 0 spiro atoms. The number of anilines is 4. The van der Waals surface area contributed by atoms with E-state index in [0.717, 1.165) is 50.4 Å². The number of rotatable bonds is 6. The van der Waals surface area contributed by atoms with Crippen molar-refractivity contribution in [3.63, 3.8) is 0 Å². The Labute approximate surface area is 389 Å². The quantitative estimate of drug-likeness (QED) is 0.155. The Kier molecular flexibility index (Phi) is 11.3. The van der Waals surface area contributed by atoms with Crippen LogP contribution in [0.5, 0.6) is 11.5 Å². The van der Waals surface area contributed by atoms with Gasteiger partial charge < -0.3 is 19.1 Å². The smallest absolute Gasteiger partial charge is 0.135 e. The summed E-state index contributed by atoms with van der Waals surface area (Å²) in [5.41, 5.74) is 16.3. The number of aryl methyl sites for hydroxylation is 3. The van der Waals surface area contributed by atoms with Gasteiger partial charge in [0, 0.05) is 61.3 Å². The molecule has 0 saturated carbocycles. The van der Waals surface area contributed by atoms with E-state index < -0.39 is 0 Å². The third-order valence-corrected chi connectivity index (χ3v) is 12.2. The Hall–Kier alpha value is -5.64. The number of para-hydroxylation sites is 2. The van der Waals surface area contributed by atoms with E-state index in [1.807, 2.05) is 24.4 Å². The molecule has 5 nitrogen and oxygen atoms in total. The molecular weight excluding hydrogens is 952 g/mol. The molecule has 1 aliphatic rings. The van der Waals surface area contributed by atoms with Crippen LogP contribution < -0.4 is 14.5 Å². The first-order valence-electron chi connectivity index (χ1n) is 21.8. The van der Waals surface area contributed by atoms with Crippen molar-refractivity contribution < 1.29 is 25.8 Å². The molecule has 0 unspecified atom stereocenters. The van der Waals surface area contributed by atoms with E-state index in [2.05, 4.69) is 213 Å². The van der Waals surface area contributed by atoms with Crippen LogP contribution in [-0.2, 0) is 37.3 Å². The van der Waals surface area contributed by atoms with Crippen LogP contribution in [0.2, 0.25) is 0 Å². The van der Waals surface area contributed by atoms with Crippen LogP contribution in [0.15, 0.2) is 121 Å². The zero-order chi connectivity index (χ0) is 43.9. The molecule has 0 saturated heterocycles. The average molecular weight is 1010 g/mol. The third kappa shape index (κ3) is 8.33. The third-order valence-electron chi connectivity index (χ3n) is 12.2. The minimum atomic E-state index is -0.0489. The van der Waals surface area contributed by atoms with Gasteiger partial charge in [0.1, 0.15) is 5.82 Å². The van der Waals surface area contributed by atoms with Gasteiger partial charge in [0.2, 0.25) is 0 Å². The second-order valence-electron chi connectivity index (χ2n) is 20.2. The van der Waals surface area contributed by atoms with E-state index in [9.17, 15) is 0 Å². The number of hydrogen-bond donors (Lipinski definition) is 0. The zero-order valence-electron chi connectivity index (χ0n) is 38.6. The molecule has 1 aliphatic heterocycles. The molecular formula is C57H57N4OPt-3. The van der Waals surface area contributed by atoms with Crippen molar-refractivity contribution in [3.8, 4) is 28.4 Å². The second kappa shape index (κ2) is 16.2. The number of pyridine rings is 1. The van der Waals surface area contributed by atoms with Gasteiger partial charge in [-0.2, -0.15) is 12.1 Å². The van der Waals surface area contributed by atoms with Gasteiger partial charge in [-0.3, -0.25) is 0 Å². The van der Waals surface area contributed by atoms with Crippen LogP contribution in [0.4, 0.5) is 22.7 Å². The van der Waals surface area contributed by atoms with E-state index in [1.54, 1.807) is 0 Å². The van der Waals surface area contributed by atoms with Crippen LogP contribution in [0.3, 0.4) is 0 Å². The maximum atomic E-state index is 6.69. The minimum absolute atomic E-state index is 0. The fraction of sp³-hybridized carbons (Fsp3) is 0.263. The van der Waals surface area contributed by atoms with Crippen LogP contribution in [-0.4, -0.2) is 9.55 Å². The molecule has 9 rings (SSSR count). The van der Waals surface area contributed by atoms with Crippen LogP contribution in [0.25, 0.3) is 38.8 Å². The first-order chi connectivity index (χ1) is 29.3. The van der Waals surface area contributed by atoms with Crippen LogP contribution >= 0.6 is 0 Å². The largest absolute Gasteiger partial charge is 0.509 e. The maximum Gasteiger partial charge on any atom is 0.135 e. The van der Waals surface area contributed by atoms with Crippen LogP contribution in [0.1, 0.15) is 95.7 Å². The fourth-order valence-electron chi connectivity index (χ4n) is 8.90. The molecule has 3 heterocycles. The van der Waals surface area contributed by atoms with Crippen molar-refractivity contribution in [1.29, 1.82) is 0 Å². The molecule has 6 heteroatoms. The topological polar surface area (TPSA) is 33.5 Å². The second-order valence-corrected chi connectivity index (χ2v) is 20.2. The zero-order valence-corrected chi connectivity index (χ0v) is 40.9. The molecule has 63 heavy (non-hydrogen) atoms. The summed E-state index contributed by atoms with van der Waals surface area (Å²) in [6.07, 6.45) is 1.92. The Balaban J connectivity index is 0.00000544. The van der Waals surface area contributed by atoms with Gasteiger partial charge in [-0.25, -0.2) is 4.98 Å². The number of benzene rings is 6. The number of hydrogen-bond acceptors (Lipinski definition) is 4. The van der Waals surface area contributed by atoms with E-state index in [1.165, 1.54) is 44.5 Å². The minimum Gasteiger partial charge on any atom is -0.509 e. The summed E-state index contributed by atoms with van der Waals surface area (Å²) in [4.78, 5) is 9.48. The average Bonchev–Trinajstić information content (AvgIpc) is 3.75. The summed E-state index contributed by atoms with van der Waals surface area (Å²) in [5, 5.41) is 2.23. The molecule has 0 fully saturated rings. The van der Waals surface area contributed by atoms with Gasteiger partial charge in [0.25, 0.3) is 0 Å². The van der Waals surface area contributed by atoms with Gasteiger partial charge in [-0.1, -0.05) is 116 Å². The van der Waals surface area contributed by atoms with Crippen molar-refractivity contribution in [3.05, 3.63) is 174 Å².